The van der Waals surface area contributed by atoms with Crippen molar-refractivity contribution in [3.8, 4) is 6.07 Å². The number of nitriles is 1. The van der Waals surface area contributed by atoms with Gasteiger partial charge in [0.05, 0.1) is 38.9 Å². The van der Waals surface area contributed by atoms with Crippen molar-refractivity contribution in [2.24, 2.45) is 5.41 Å². The number of phosphoric ester groups is 1. The normalized spacial score (nSPS) is 14.3. The van der Waals surface area contributed by atoms with E-state index in [1.807, 2.05) is 74.5 Å². The number of phosphoric acid groups is 1. The summed E-state index contributed by atoms with van der Waals surface area (Å²) >= 11 is 0. The third-order valence-corrected chi connectivity index (χ3v) is 5.86. The third kappa shape index (κ3) is 12.5. The van der Waals surface area contributed by atoms with Gasteiger partial charge in [-0.15, -0.1) is 0 Å². The predicted octanol–water partition coefficient (Wildman–Crippen LogP) is 5.22. The van der Waals surface area contributed by atoms with E-state index >= 15 is 0 Å². The van der Waals surface area contributed by atoms with Crippen LogP contribution in [0.4, 0.5) is 0 Å². The van der Waals surface area contributed by atoms with Gasteiger partial charge < -0.3 is 5.11 Å². The number of rotatable bonds is 13. The summed E-state index contributed by atoms with van der Waals surface area (Å²) in [6.07, 6.45) is 2.27. The van der Waals surface area contributed by atoms with Crippen LogP contribution in [0, 0.1) is 16.7 Å². The molecule has 2 aromatic carbocycles. The van der Waals surface area contributed by atoms with E-state index in [1.165, 1.54) is 5.56 Å². The Labute approximate surface area is 191 Å². The zero-order chi connectivity index (χ0) is 21.4. The van der Waals surface area contributed by atoms with E-state index < -0.39 is 13.2 Å². The largest absolute Gasteiger partial charge is 2.00 e. The third-order valence-electron chi connectivity index (χ3n) is 4.42. The fraction of sp³-hybridized carbons (Fsp3) is 0.500. The Morgan fingerprint density at radius 1 is 1.17 bits per heavy atom. The van der Waals surface area contributed by atoms with Gasteiger partial charge in [0.25, 0.3) is 0 Å². The van der Waals surface area contributed by atoms with Gasteiger partial charge in [-0.2, -0.15) is 41.2 Å². The van der Waals surface area contributed by atoms with Gasteiger partial charge >= 0.3 is 24.9 Å². The maximum atomic E-state index is 12.7. The van der Waals surface area contributed by atoms with Crippen molar-refractivity contribution in [2.75, 3.05) is 26.4 Å². The second-order valence-electron chi connectivity index (χ2n) is 6.98. The Bertz CT molecular complexity index is 691. The van der Waals surface area contributed by atoms with Crippen molar-refractivity contribution in [3.63, 3.8) is 0 Å². The molecule has 0 aromatic heterocycles. The molecule has 0 radical (unpaired) electrons. The van der Waals surface area contributed by atoms with Gasteiger partial charge in [0, 0.05) is 5.41 Å². The molecule has 2 atom stereocenters. The van der Waals surface area contributed by atoms with Crippen molar-refractivity contribution >= 4 is 7.82 Å². The van der Waals surface area contributed by atoms with E-state index in [9.17, 15) is 9.67 Å². The molecule has 8 heteroatoms. The summed E-state index contributed by atoms with van der Waals surface area (Å²) in [7, 11) is -3.74. The maximum absolute atomic E-state index is 12.7. The molecular weight excluding hydrogens is 445 g/mol. The first-order chi connectivity index (χ1) is 14.0. The van der Waals surface area contributed by atoms with Gasteiger partial charge in [-0.25, -0.2) is 28.8 Å². The number of nitrogens with zero attached hydrogens (tertiary/aromatic N) is 1. The molecule has 0 amide bonds. The predicted molar refractivity (Wildman–Crippen MR) is 114 cm³/mol. The monoisotopic (exact) mass is 477 g/mol. The Hall–Kier alpha value is -1.22. The standard InChI is InChI=1S/C17H27NO5P.C5H5.Fe/c1-3-17(2,14-19)15-23-24(20,22-13-7-11-18)21-12-6-10-16-8-4-5-9-16;1-2-4-5-3-1;/h4-5,8-9,19H,3,6-7,10,12-15H2,1-2H3;1-5H;/q2*-1;+2. The number of aliphatic hydroxyl groups is 1. The summed E-state index contributed by atoms with van der Waals surface area (Å²) in [5, 5.41) is 18.0. The molecule has 30 heavy (non-hydrogen) atoms. The number of aryl methyl sites for hydroxylation is 1. The number of hydrogen-bond donors (Lipinski definition) is 1. The molecule has 0 aliphatic carbocycles. The molecule has 0 bridgehead atoms. The second kappa shape index (κ2) is 16.5. The zero-order valence-corrected chi connectivity index (χ0v) is 19.7. The first-order valence-corrected chi connectivity index (χ1v) is 11.3. The van der Waals surface area contributed by atoms with Crippen LogP contribution in [0.2, 0.25) is 0 Å². The molecule has 168 valence electrons. The fourth-order valence-corrected chi connectivity index (χ4v) is 3.52. The molecule has 0 aliphatic rings. The average Bonchev–Trinajstić information content (AvgIpc) is 3.47. The molecular formula is C22H32FeNO5P. The van der Waals surface area contributed by atoms with Crippen LogP contribution in [0.25, 0.3) is 0 Å². The molecule has 0 aliphatic heterocycles. The van der Waals surface area contributed by atoms with Crippen LogP contribution < -0.4 is 0 Å². The van der Waals surface area contributed by atoms with Gasteiger partial charge in [-0.1, -0.05) is 13.8 Å². The maximum Gasteiger partial charge on any atom is 2.00 e. The van der Waals surface area contributed by atoms with Gasteiger partial charge in [0.15, 0.2) is 0 Å². The first kappa shape index (κ1) is 28.8. The minimum atomic E-state index is -3.74. The summed E-state index contributed by atoms with van der Waals surface area (Å²) in [6.45, 7) is 3.95. The van der Waals surface area contributed by atoms with Crippen LogP contribution in [0.1, 0.15) is 38.7 Å². The summed E-state index contributed by atoms with van der Waals surface area (Å²) in [6, 6.07) is 19.9. The van der Waals surface area contributed by atoms with Crippen molar-refractivity contribution in [1.29, 1.82) is 5.26 Å². The summed E-state index contributed by atoms with van der Waals surface area (Å²) in [5.74, 6) is 0. The van der Waals surface area contributed by atoms with Crippen molar-refractivity contribution < 1.29 is 40.3 Å². The molecule has 0 saturated carbocycles. The Morgan fingerprint density at radius 2 is 1.87 bits per heavy atom. The van der Waals surface area contributed by atoms with Gasteiger partial charge in [0.2, 0.25) is 0 Å². The van der Waals surface area contributed by atoms with E-state index in [0.29, 0.717) is 12.8 Å². The van der Waals surface area contributed by atoms with E-state index in [-0.39, 0.29) is 49.9 Å². The van der Waals surface area contributed by atoms with Crippen LogP contribution in [0.3, 0.4) is 0 Å². The quantitative estimate of drug-likeness (QED) is 0.184. The van der Waals surface area contributed by atoms with Gasteiger partial charge in [0.1, 0.15) is 0 Å². The van der Waals surface area contributed by atoms with Gasteiger partial charge in [-0.3, -0.25) is 13.6 Å². The van der Waals surface area contributed by atoms with Crippen molar-refractivity contribution in [1.82, 2.24) is 0 Å². The first-order valence-electron chi connectivity index (χ1n) is 9.86. The Kier molecular flexibility index (Phi) is 15.8. The molecule has 0 fully saturated rings. The van der Waals surface area contributed by atoms with E-state index in [4.69, 9.17) is 18.8 Å². The minimum Gasteiger partial charge on any atom is -0.396 e. The molecule has 6 nitrogen and oxygen atoms in total. The number of aliphatic hydroxyl groups excluding tert-OH is 1. The molecule has 1 N–H and O–H groups in total. The van der Waals surface area contributed by atoms with Crippen molar-refractivity contribution in [3.05, 3.63) is 60.2 Å². The van der Waals surface area contributed by atoms with Crippen LogP contribution in [-0.2, 0) is 41.6 Å². The average molecular weight is 477 g/mol. The van der Waals surface area contributed by atoms with E-state index in [1.54, 1.807) is 0 Å². The molecule has 0 spiro atoms. The Balaban J connectivity index is 0.00000122. The molecule has 2 rings (SSSR count). The number of hydrogen-bond acceptors (Lipinski definition) is 6. The molecule has 2 unspecified atom stereocenters. The minimum absolute atomic E-state index is 0. The van der Waals surface area contributed by atoms with E-state index in [0.717, 1.165) is 6.42 Å². The van der Waals surface area contributed by atoms with Crippen LogP contribution in [0.5, 0.6) is 0 Å². The topological polar surface area (TPSA) is 88.8 Å². The van der Waals surface area contributed by atoms with Crippen molar-refractivity contribution in [2.45, 2.75) is 39.5 Å². The Morgan fingerprint density at radius 3 is 2.37 bits per heavy atom. The van der Waals surface area contributed by atoms with Crippen LogP contribution in [0.15, 0.2) is 54.6 Å². The summed E-state index contributed by atoms with van der Waals surface area (Å²) in [5.41, 5.74) is 0.686. The SMILES string of the molecule is CCC(C)(CO)COP(=O)(OCCC#N)OCCCc1ccc[cH-]1.[Fe+2].c1cc[cH-]c1. The van der Waals surface area contributed by atoms with E-state index in [2.05, 4.69) is 0 Å². The molecule has 2 aromatic rings. The zero-order valence-electron chi connectivity index (χ0n) is 17.7. The summed E-state index contributed by atoms with van der Waals surface area (Å²) in [4.78, 5) is 0. The fourth-order valence-electron chi connectivity index (χ4n) is 2.16. The van der Waals surface area contributed by atoms with Crippen LogP contribution in [-0.4, -0.2) is 31.5 Å². The van der Waals surface area contributed by atoms with Gasteiger partial charge in [-0.05, 0) is 19.3 Å². The summed E-state index contributed by atoms with van der Waals surface area (Å²) < 4.78 is 28.6. The smallest absolute Gasteiger partial charge is 0.396 e. The second-order valence-corrected chi connectivity index (χ2v) is 8.65. The molecule has 0 saturated heterocycles. The van der Waals surface area contributed by atoms with Crippen LogP contribution >= 0.6 is 7.82 Å². The molecule has 0 heterocycles.